The van der Waals surface area contributed by atoms with Crippen LogP contribution in [0.5, 0.6) is 0 Å². The zero-order valence-electron chi connectivity index (χ0n) is 19.3. The Morgan fingerprint density at radius 3 is 2.09 bits per heavy atom. The van der Waals surface area contributed by atoms with Crippen LogP contribution in [0.2, 0.25) is 0 Å². The molecule has 2 nitrogen and oxygen atoms in total. The molecule has 0 radical (unpaired) electrons. The second-order valence-corrected chi connectivity index (χ2v) is 8.95. The zero-order chi connectivity index (χ0) is 24.5. The van der Waals surface area contributed by atoms with Crippen molar-refractivity contribution in [3.8, 4) is 22.3 Å². The molecule has 0 saturated carbocycles. The zero-order valence-corrected chi connectivity index (χ0v) is 19.3. The highest BCUT2D eigenvalue weighted by Gasteiger charge is 2.27. The Bertz CT molecular complexity index is 1340. The number of epoxide rings is 1. The molecule has 35 heavy (non-hydrogen) atoms. The molecule has 0 bridgehead atoms. The fourth-order valence-electron chi connectivity index (χ4n) is 4.29. The highest BCUT2D eigenvalue weighted by molar-refractivity contribution is 5.66. The molecule has 2 atom stereocenters. The molecule has 5 heteroatoms. The molecular formula is C30H25F3O2. The summed E-state index contributed by atoms with van der Waals surface area (Å²) in [5.74, 6) is -1.98. The molecule has 5 rings (SSSR count). The van der Waals surface area contributed by atoms with Gasteiger partial charge in [-0.2, -0.15) is 0 Å². The number of aliphatic hydroxyl groups excluding tert-OH is 1. The van der Waals surface area contributed by atoms with Gasteiger partial charge in [-0.25, -0.2) is 13.2 Å². The number of aryl methyl sites for hydroxylation is 2. The number of ether oxygens (including phenoxy) is 1. The maximum Gasteiger partial charge on any atom is 0.166 e. The lowest BCUT2D eigenvalue weighted by Crippen LogP contribution is -2.00. The van der Waals surface area contributed by atoms with Crippen LogP contribution in [0.3, 0.4) is 0 Å². The Morgan fingerprint density at radius 1 is 0.800 bits per heavy atom. The molecule has 0 aromatic heterocycles. The number of halogens is 3. The highest BCUT2D eigenvalue weighted by atomic mass is 19.2. The molecule has 0 aliphatic carbocycles. The fraction of sp³-hybridized carbons (Fsp3) is 0.200. The first-order valence-corrected chi connectivity index (χ1v) is 11.7. The Kier molecular flexibility index (Phi) is 6.46. The number of benzene rings is 4. The van der Waals surface area contributed by atoms with E-state index in [0.29, 0.717) is 41.7 Å². The van der Waals surface area contributed by atoms with Gasteiger partial charge in [0.1, 0.15) is 11.9 Å². The summed E-state index contributed by atoms with van der Waals surface area (Å²) in [6, 6.07) is 22.8. The van der Waals surface area contributed by atoms with Crippen molar-refractivity contribution in [2.45, 2.75) is 32.0 Å². The van der Waals surface area contributed by atoms with Crippen LogP contribution in [0, 0.1) is 17.5 Å². The molecule has 1 aliphatic heterocycles. The third-order valence-corrected chi connectivity index (χ3v) is 6.52. The van der Waals surface area contributed by atoms with Crippen molar-refractivity contribution in [1.29, 1.82) is 0 Å². The second kappa shape index (κ2) is 9.68. The first-order chi connectivity index (χ1) is 16.9. The third kappa shape index (κ3) is 5.02. The van der Waals surface area contributed by atoms with Gasteiger partial charge >= 0.3 is 0 Å². The summed E-state index contributed by atoms with van der Waals surface area (Å²) in [6.45, 7) is 2.22. The lowest BCUT2D eigenvalue weighted by molar-refractivity contribution is 0.199. The number of aliphatic hydroxyl groups is 1. The Hall–Kier alpha value is -3.41. The third-order valence-electron chi connectivity index (χ3n) is 6.52. The summed E-state index contributed by atoms with van der Waals surface area (Å²) in [6.07, 6.45) is 0.159. The van der Waals surface area contributed by atoms with Gasteiger partial charge in [-0.3, -0.25) is 0 Å². The molecule has 178 valence electrons. The molecule has 1 saturated heterocycles. The van der Waals surface area contributed by atoms with Gasteiger partial charge in [0.05, 0.1) is 12.7 Å². The number of hydrogen-bond donors (Lipinski definition) is 1. The summed E-state index contributed by atoms with van der Waals surface area (Å²) >= 11 is 0. The van der Waals surface area contributed by atoms with Crippen molar-refractivity contribution in [3.05, 3.63) is 119 Å². The van der Waals surface area contributed by atoms with Crippen molar-refractivity contribution in [1.82, 2.24) is 0 Å². The van der Waals surface area contributed by atoms with Gasteiger partial charge in [-0.15, -0.1) is 0 Å². The fourth-order valence-corrected chi connectivity index (χ4v) is 4.29. The molecule has 1 heterocycles. The largest absolute Gasteiger partial charge is 0.389 e. The predicted molar refractivity (Wildman–Crippen MR) is 130 cm³/mol. The van der Waals surface area contributed by atoms with Gasteiger partial charge in [-0.05, 0) is 59.2 Å². The number of hydrogen-bond acceptors (Lipinski definition) is 2. The molecular weight excluding hydrogens is 449 g/mol. The number of rotatable bonds is 7. The van der Waals surface area contributed by atoms with Gasteiger partial charge in [0.15, 0.2) is 11.6 Å². The lowest BCUT2D eigenvalue weighted by Gasteiger charge is -2.11. The van der Waals surface area contributed by atoms with E-state index in [9.17, 15) is 18.3 Å². The first-order valence-electron chi connectivity index (χ1n) is 11.7. The van der Waals surface area contributed by atoms with Gasteiger partial charge in [0.25, 0.3) is 0 Å². The van der Waals surface area contributed by atoms with Crippen LogP contribution in [-0.4, -0.2) is 11.7 Å². The van der Waals surface area contributed by atoms with E-state index >= 15 is 0 Å². The van der Waals surface area contributed by atoms with Crippen molar-refractivity contribution >= 4 is 0 Å². The smallest absolute Gasteiger partial charge is 0.166 e. The summed E-state index contributed by atoms with van der Waals surface area (Å²) in [5.41, 5.74) is 5.02. The maximum atomic E-state index is 14.8. The van der Waals surface area contributed by atoms with Crippen LogP contribution in [0.15, 0.2) is 78.9 Å². The molecule has 0 spiro atoms. The van der Waals surface area contributed by atoms with E-state index < -0.39 is 17.7 Å². The molecule has 1 N–H and O–H groups in total. The van der Waals surface area contributed by atoms with Crippen LogP contribution in [0.1, 0.15) is 41.4 Å². The van der Waals surface area contributed by atoms with Gasteiger partial charge in [0, 0.05) is 11.1 Å². The van der Waals surface area contributed by atoms with Gasteiger partial charge in [0.2, 0.25) is 0 Å². The summed E-state index contributed by atoms with van der Waals surface area (Å²) in [5, 5.41) is 9.63. The second-order valence-electron chi connectivity index (χ2n) is 8.95. The van der Waals surface area contributed by atoms with Crippen LogP contribution in [0.25, 0.3) is 22.3 Å². The van der Waals surface area contributed by atoms with Crippen molar-refractivity contribution in [3.63, 3.8) is 0 Å². The molecule has 0 amide bonds. The Morgan fingerprint density at radius 2 is 1.46 bits per heavy atom. The monoisotopic (exact) mass is 474 g/mol. The minimum Gasteiger partial charge on any atom is -0.389 e. The van der Waals surface area contributed by atoms with E-state index in [1.54, 1.807) is 49.4 Å². The van der Waals surface area contributed by atoms with Crippen molar-refractivity contribution in [2.24, 2.45) is 0 Å². The SMILES string of the molecule is CC(O)c1ccc(-c2ccc(CCc3ccc(-c4ccc(C5CO5)c(F)c4)cc3)c(F)c2F)cc1. The van der Waals surface area contributed by atoms with E-state index in [2.05, 4.69) is 0 Å². The maximum absolute atomic E-state index is 14.8. The summed E-state index contributed by atoms with van der Waals surface area (Å²) < 4.78 is 49.1. The minimum absolute atomic E-state index is 0.124. The normalized spacial score (nSPS) is 15.7. The van der Waals surface area contributed by atoms with E-state index in [0.717, 1.165) is 16.7 Å². The quantitative estimate of drug-likeness (QED) is 0.284. The van der Waals surface area contributed by atoms with Crippen molar-refractivity contribution < 1.29 is 23.0 Å². The van der Waals surface area contributed by atoms with Crippen LogP contribution >= 0.6 is 0 Å². The van der Waals surface area contributed by atoms with E-state index in [4.69, 9.17) is 4.74 Å². The predicted octanol–water partition coefficient (Wildman–Crippen LogP) is 7.35. The standard InChI is InChI=1S/C30H25F3O2/c1-18(34)20-8-10-22(11-9-20)25-14-12-23(29(32)30(25)33)7-4-19-2-5-21(6-3-19)24-13-15-26(27(31)16-24)28-17-35-28/h2-3,5-6,8-16,18,28,34H,4,7,17H2,1H3. The Balaban J connectivity index is 1.27. The molecule has 1 fully saturated rings. The molecule has 4 aromatic carbocycles. The summed E-state index contributed by atoms with van der Waals surface area (Å²) in [7, 11) is 0. The average Bonchev–Trinajstić information content (AvgIpc) is 3.71. The summed E-state index contributed by atoms with van der Waals surface area (Å²) in [4.78, 5) is 0. The van der Waals surface area contributed by atoms with E-state index in [1.807, 2.05) is 30.3 Å². The van der Waals surface area contributed by atoms with Crippen LogP contribution < -0.4 is 0 Å². The van der Waals surface area contributed by atoms with Crippen molar-refractivity contribution in [2.75, 3.05) is 6.61 Å². The molecule has 1 aliphatic rings. The van der Waals surface area contributed by atoms with Crippen LogP contribution in [0.4, 0.5) is 13.2 Å². The van der Waals surface area contributed by atoms with Crippen LogP contribution in [-0.2, 0) is 17.6 Å². The highest BCUT2D eigenvalue weighted by Crippen LogP contribution is 2.34. The lowest BCUT2D eigenvalue weighted by atomic mass is 9.97. The van der Waals surface area contributed by atoms with Gasteiger partial charge in [-0.1, -0.05) is 72.8 Å². The Labute approximate surface area is 202 Å². The minimum atomic E-state index is -0.871. The topological polar surface area (TPSA) is 32.8 Å². The van der Waals surface area contributed by atoms with E-state index in [1.165, 1.54) is 6.07 Å². The molecule has 2 unspecified atom stereocenters. The van der Waals surface area contributed by atoms with E-state index in [-0.39, 0.29) is 17.5 Å². The first kappa shape index (κ1) is 23.3. The average molecular weight is 475 g/mol. The molecule has 4 aromatic rings. The van der Waals surface area contributed by atoms with Gasteiger partial charge < -0.3 is 9.84 Å².